The van der Waals surface area contributed by atoms with Gasteiger partial charge in [-0.2, -0.15) is 0 Å². The van der Waals surface area contributed by atoms with E-state index in [1.54, 1.807) is 26.1 Å². The van der Waals surface area contributed by atoms with Crippen molar-refractivity contribution in [1.82, 2.24) is 10.2 Å². The Balaban J connectivity index is 2.07. The molecule has 2 amide bonds. The first kappa shape index (κ1) is 13.5. The van der Waals surface area contributed by atoms with Gasteiger partial charge in [-0.3, -0.25) is 4.79 Å². The van der Waals surface area contributed by atoms with Crippen molar-refractivity contribution in [3.8, 4) is 11.5 Å². The SMILES string of the molecule is CC(=O)C1=C(C)N(C)C(=O)N[C@H]1c1ccc2c(c1)OCO2. The number of fused-ring (bicyclic) bond motifs is 1. The number of allylic oxidation sites excluding steroid dienone is 1. The molecule has 0 fully saturated rings. The lowest BCUT2D eigenvalue weighted by atomic mass is 9.92. The maximum Gasteiger partial charge on any atom is 0.322 e. The molecular formula is C15H16N2O4. The predicted molar refractivity (Wildman–Crippen MR) is 75.0 cm³/mol. The first-order chi connectivity index (χ1) is 9.99. The number of carbonyl (C=O) groups is 2. The van der Waals surface area contributed by atoms with Crippen molar-refractivity contribution in [2.75, 3.05) is 13.8 Å². The van der Waals surface area contributed by atoms with Gasteiger partial charge in [-0.25, -0.2) is 4.79 Å². The van der Waals surface area contributed by atoms with Gasteiger partial charge >= 0.3 is 6.03 Å². The molecule has 0 aliphatic carbocycles. The van der Waals surface area contributed by atoms with E-state index in [1.807, 2.05) is 6.07 Å². The van der Waals surface area contributed by atoms with Gasteiger partial charge in [0.15, 0.2) is 17.3 Å². The monoisotopic (exact) mass is 288 g/mol. The van der Waals surface area contributed by atoms with Crippen LogP contribution in [0.5, 0.6) is 11.5 Å². The van der Waals surface area contributed by atoms with Gasteiger partial charge in [0.2, 0.25) is 6.79 Å². The number of ketones is 1. The molecule has 21 heavy (non-hydrogen) atoms. The number of benzene rings is 1. The summed E-state index contributed by atoms with van der Waals surface area (Å²) >= 11 is 0. The number of hydrogen-bond acceptors (Lipinski definition) is 4. The van der Waals surface area contributed by atoms with Crippen molar-refractivity contribution in [1.29, 1.82) is 0 Å². The third kappa shape index (κ3) is 2.12. The van der Waals surface area contributed by atoms with Gasteiger partial charge in [0.05, 0.1) is 6.04 Å². The molecule has 0 spiro atoms. The number of carbonyl (C=O) groups excluding carboxylic acids is 2. The van der Waals surface area contributed by atoms with E-state index in [9.17, 15) is 9.59 Å². The smallest absolute Gasteiger partial charge is 0.322 e. The van der Waals surface area contributed by atoms with Crippen LogP contribution >= 0.6 is 0 Å². The molecule has 0 saturated heterocycles. The van der Waals surface area contributed by atoms with Gasteiger partial charge < -0.3 is 19.7 Å². The number of nitrogens with one attached hydrogen (secondary N) is 1. The van der Waals surface area contributed by atoms with E-state index < -0.39 is 6.04 Å². The van der Waals surface area contributed by atoms with Crippen LogP contribution < -0.4 is 14.8 Å². The van der Waals surface area contributed by atoms with E-state index in [4.69, 9.17) is 9.47 Å². The lowest BCUT2D eigenvalue weighted by molar-refractivity contribution is -0.114. The second-order valence-electron chi connectivity index (χ2n) is 5.11. The molecule has 0 bridgehead atoms. The van der Waals surface area contributed by atoms with E-state index in [2.05, 4.69) is 5.32 Å². The molecule has 0 saturated carbocycles. The molecule has 6 nitrogen and oxygen atoms in total. The van der Waals surface area contributed by atoms with Crippen molar-refractivity contribution in [2.24, 2.45) is 0 Å². The minimum atomic E-state index is -0.472. The Morgan fingerprint density at radius 2 is 2.05 bits per heavy atom. The second-order valence-corrected chi connectivity index (χ2v) is 5.11. The topological polar surface area (TPSA) is 67.9 Å². The van der Waals surface area contributed by atoms with Gasteiger partial charge in [0.25, 0.3) is 0 Å². The van der Waals surface area contributed by atoms with Crippen molar-refractivity contribution in [2.45, 2.75) is 19.9 Å². The number of ether oxygens (including phenoxy) is 2. The molecule has 1 N–H and O–H groups in total. The fourth-order valence-corrected chi connectivity index (χ4v) is 2.64. The van der Waals surface area contributed by atoms with Crippen molar-refractivity contribution >= 4 is 11.8 Å². The average molecular weight is 288 g/mol. The zero-order valence-corrected chi connectivity index (χ0v) is 12.1. The second kappa shape index (κ2) is 4.80. The molecule has 0 radical (unpaired) electrons. The van der Waals surface area contributed by atoms with Crippen molar-refractivity contribution < 1.29 is 19.1 Å². The number of rotatable bonds is 2. The summed E-state index contributed by atoms with van der Waals surface area (Å²) in [6.07, 6.45) is 0. The minimum Gasteiger partial charge on any atom is -0.454 e. The van der Waals surface area contributed by atoms with Crippen LogP contribution in [-0.2, 0) is 4.79 Å². The minimum absolute atomic E-state index is 0.0676. The lowest BCUT2D eigenvalue weighted by Crippen LogP contribution is -2.45. The fourth-order valence-electron chi connectivity index (χ4n) is 2.64. The maximum absolute atomic E-state index is 12.0. The van der Waals surface area contributed by atoms with Crippen LogP contribution in [0.3, 0.4) is 0 Å². The highest BCUT2D eigenvalue weighted by Gasteiger charge is 2.33. The molecular weight excluding hydrogens is 272 g/mol. The van der Waals surface area contributed by atoms with Gasteiger partial charge in [-0.1, -0.05) is 6.07 Å². The van der Waals surface area contributed by atoms with E-state index in [0.717, 1.165) is 5.56 Å². The molecule has 0 aromatic heterocycles. The van der Waals surface area contributed by atoms with E-state index in [-0.39, 0.29) is 18.6 Å². The van der Waals surface area contributed by atoms with Crippen LogP contribution in [0, 0.1) is 0 Å². The zero-order valence-electron chi connectivity index (χ0n) is 12.1. The van der Waals surface area contributed by atoms with Gasteiger partial charge in [-0.15, -0.1) is 0 Å². The Morgan fingerprint density at radius 3 is 2.76 bits per heavy atom. The summed E-state index contributed by atoms with van der Waals surface area (Å²) in [5.41, 5.74) is 2.04. The lowest BCUT2D eigenvalue weighted by Gasteiger charge is -2.33. The maximum atomic E-state index is 12.0. The van der Waals surface area contributed by atoms with Crippen LogP contribution in [0.25, 0.3) is 0 Å². The summed E-state index contributed by atoms with van der Waals surface area (Å²) in [6, 6.07) is 4.71. The Labute approximate surface area is 122 Å². The summed E-state index contributed by atoms with van der Waals surface area (Å²) in [6.45, 7) is 3.46. The average Bonchev–Trinajstić information content (AvgIpc) is 2.91. The normalized spacial score (nSPS) is 20.6. The highest BCUT2D eigenvalue weighted by molar-refractivity contribution is 5.98. The first-order valence-corrected chi connectivity index (χ1v) is 6.64. The number of nitrogens with zero attached hydrogens (tertiary/aromatic N) is 1. The van der Waals surface area contributed by atoms with E-state index in [0.29, 0.717) is 22.8 Å². The highest BCUT2D eigenvalue weighted by Crippen LogP contribution is 2.37. The van der Waals surface area contributed by atoms with Crippen LogP contribution in [0.4, 0.5) is 4.79 Å². The number of hydrogen-bond donors (Lipinski definition) is 1. The molecule has 3 rings (SSSR count). The molecule has 1 aromatic rings. The summed E-state index contributed by atoms with van der Waals surface area (Å²) in [5.74, 6) is 1.23. The highest BCUT2D eigenvalue weighted by atomic mass is 16.7. The van der Waals surface area contributed by atoms with Crippen LogP contribution in [-0.4, -0.2) is 30.6 Å². The predicted octanol–water partition coefficient (Wildman–Crippen LogP) is 1.97. The first-order valence-electron chi connectivity index (χ1n) is 6.64. The molecule has 2 heterocycles. The summed E-state index contributed by atoms with van der Waals surface area (Å²) in [4.78, 5) is 25.4. The van der Waals surface area contributed by atoms with Gasteiger partial charge in [0, 0.05) is 18.3 Å². The van der Waals surface area contributed by atoms with E-state index in [1.165, 1.54) is 11.8 Å². The molecule has 0 unspecified atom stereocenters. The Kier molecular flexibility index (Phi) is 3.08. The fraction of sp³-hybridized carbons (Fsp3) is 0.333. The Bertz CT molecular complexity index is 666. The quantitative estimate of drug-likeness (QED) is 0.903. The third-order valence-corrected chi connectivity index (χ3v) is 3.86. The molecule has 1 atom stereocenters. The zero-order chi connectivity index (χ0) is 15.1. The number of Topliss-reactive ketones (excluding diaryl/α,β-unsaturated/α-hetero) is 1. The molecule has 110 valence electrons. The largest absolute Gasteiger partial charge is 0.454 e. The molecule has 6 heteroatoms. The Morgan fingerprint density at radius 1 is 1.33 bits per heavy atom. The number of urea groups is 1. The van der Waals surface area contributed by atoms with Crippen LogP contribution in [0.1, 0.15) is 25.5 Å². The standard InChI is InChI=1S/C15H16N2O4/c1-8-13(9(2)18)14(16-15(19)17(8)3)10-4-5-11-12(6-10)21-7-20-11/h4-6,14H,7H2,1-3H3,(H,16,19)/t14-/m0/s1. The van der Waals surface area contributed by atoms with Crippen LogP contribution in [0.2, 0.25) is 0 Å². The molecule has 2 aliphatic heterocycles. The Hall–Kier alpha value is -2.50. The van der Waals surface area contributed by atoms with Crippen molar-refractivity contribution in [3.05, 3.63) is 35.0 Å². The van der Waals surface area contributed by atoms with Gasteiger partial charge in [-0.05, 0) is 31.5 Å². The summed E-state index contributed by atoms with van der Waals surface area (Å²) in [7, 11) is 1.64. The third-order valence-electron chi connectivity index (χ3n) is 3.86. The molecule has 1 aromatic carbocycles. The van der Waals surface area contributed by atoms with Gasteiger partial charge in [0.1, 0.15) is 0 Å². The van der Waals surface area contributed by atoms with Crippen LogP contribution in [0.15, 0.2) is 29.5 Å². The summed E-state index contributed by atoms with van der Waals surface area (Å²) < 4.78 is 10.6. The molecule has 2 aliphatic rings. The number of amides is 2. The summed E-state index contributed by atoms with van der Waals surface area (Å²) in [5, 5.41) is 2.85. The van der Waals surface area contributed by atoms with E-state index >= 15 is 0 Å². The van der Waals surface area contributed by atoms with Crippen molar-refractivity contribution in [3.63, 3.8) is 0 Å².